The maximum absolute atomic E-state index is 4.71. The van der Waals surface area contributed by atoms with Crippen molar-refractivity contribution in [2.24, 2.45) is 4.99 Å². The molecule has 2 N–H and O–H groups in total. The Morgan fingerprint density at radius 2 is 1.90 bits per heavy atom. The van der Waals surface area contributed by atoms with E-state index in [0.29, 0.717) is 12.0 Å². The molecule has 2 aromatic rings. The number of hydrogen-bond donors (Lipinski definition) is 2. The lowest BCUT2D eigenvalue weighted by atomic mass is 10.1. The van der Waals surface area contributed by atoms with Gasteiger partial charge in [-0.1, -0.05) is 44.2 Å². The first-order valence-corrected chi connectivity index (χ1v) is 11.2. The smallest absolute Gasteiger partial charge is 0.191 e. The van der Waals surface area contributed by atoms with Gasteiger partial charge in [-0.15, -0.1) is 35.3 Å². The van der Waals surface area contributed by atoms with Crippen molar-refractivity contribution in [2.45, 2.75) is 45.1 Å². The minimum Gasteiger partial charge on any atom is -0.356 e. The van der Waals surface area contributed by atoms with Crippen LogP contribution in [0.1, 0.15) is 54.9 Å². The molecular formula is C22H34IN5S. The molecule has 1 atom stereocenters. The van der Waals surface area contributed by atoms with Gasteiger partial charge in [0.2, 0.25) is 0 Å². The molecule has 1 aromatic carbocycles. The van der Waals surface area contributed by atoms with Crippen molar-refractivity contribution in [3.05, 3.63) is 52.0 Å². The molecule has 0 bridgehead atoms. The Hall–Kier alpha value is -1.19. The van der Waals surface area contributed by atoms with Gasteiger partial charge in [-0.3, -0.25) is 9.89 Å². The van der Waals surface area contributed by atoms with E-state index in [1.165, 1.54) is 36.5 Å². The molecular weight excluding hydrogens is 493 g/mol. The van der Waals surface area contributed by atoms with E-state index in [-0.39, 0.29) is 24.0 Å². The van der Waals surface area contributed by atoms with Gasteiger partial charge in [0, 0.05) is 37.9 Å². The summed E-state index contributed by atoms with van der Waals surface area (Å²) < 4.78 is 0. The van der Waals surface area contributed by atoms with Crippen LogP contribution >= 0.6 is 35.3 Å². The largest absolute Gasteiger partial charge is 0.356 e. The molecule has 1 aliphatic heterocycles. The molecule has 1 aliphatic rings. The summed E-state index contributed by atoms with van der Waals surface area (Å²) in [4.78, 5) is 11.7. The van der Waals surface area contributed by atoms with Crippen LogP contribution in [0.25, 0.3) is 0 Å². The predicted octanol–water partition coefficient (Wildman–Crippen LogP) is 4.43. The van der Waals surface area contributed by atoms with Gasteiger partial charge in [0.1, 0.15) is 0 Å². The Bertz CT molecular complexity index is 741. The van der Waals surface area contributed by atoms with Crippen LogP contribution in [0.2, 0.25) is 0 Å². The number of hydrogen-bond acceptors (Lipinski definition) is 4. The van der Waals surface area contributed by atoms with Crippen molar-refractivity contribution in [1.82, 2.24) is 20.5 Å². The first-order valence-electron chi connectivity index (χ1n) is 10.3. The molecule has 1 aromatic heterocycles. The summed E-state index contributed by atoms with van der Waals surface area (Å²) in [6.07, 6.45) is 3.50. The van der Waals surface area contributed by atoms with Gasteiger partial charge in [-0.05, 0) is 31.5 Å². The molecule has 7 heteroatoms. The van der Waals surface area contributed by atoms with Crippen molar-refractivity contribution in [3.63, 3.8) is 0 Å². The molecule has 0 saturated carbocycles. The van der Waals surface area contributed by atoms with Crippen LogP contribution in [0.15, 0.2) is 40.7 Å². The lowest BCUT2D eigenvalue weighted by Gasteiger charge is -2.29. The molecule has 1 unspecified atom stereocenters. The van der Waals surface area contributed by atoms with Crippen molar-refractivity contribution in [3.8, 4) is 0 Å². The number of benzene rings is 1. The molecule has 29 heavy (non-hydrogen) atoms. The fourth-order valence-corrected chi connectivity index (χ4v) is 4.48. The summed E-state index contributed by atoms with van der Waals surface area (Å²) in [7, 11) is 1.84. The summed E-state index contributed by atoms with van der Waals surface area (Å²) in [6.45, 7) is 8.43. The van der Waals surface area contributed by atoms with Crippen LogP contribution in [-0.4, -0.2) is 49.1 Å². The maximum Gasteiger partial charge on any atom is 0.191 e. The lowest BCUT2D eigenvalue weighted by Crippen LogP contribution is -2.43. The zero-order chi connectivity index (χ0) is 19.8. The summed E-state index contributed by atoms with van der Waals surface area (Å²) in [5.74, 6) is 1.36. The quantitative estimate of drug-likeness (QED) is 0.303. The van der Waals surface area contributed by atoms with Gasteiger partial charge in [-0.25, -0.2) is 4.98 Å². The molecule has 0 radical (unpaired) electrons. The predicted molar refractivity (Wildman–Crippen MR) is 135 cm³/mol. The van der Waals surface area contributed by atoms with E-state index in [1.807, 2.05) is 7.05 Å². The number of aliphatic imine (C=N–C) groups is 1. The second-order valence-corrected chi connectivity index (χ2v) is 8.52. The van der Waals surface area contributed by atoms with E-state index < -0.39 is 0 Å². The minimum absolute atomic E-state index is 0. The number of nitrogens with one attached hydrogen (secondary N) is 2. The summed E-state index contributed by atoms with van der Waals surface area (Å²) >= 11 is 1.76. The van der Waals surface area contributed by atoms with Crippen molar-refractivity contribution in [1.29, 1.82) is 0 Å². The van der Waals surface area contributed by atoms with Gasteiger partial charge >= 0.3 is 0 Å². The SMILES string of the molecule is CN=C(NCCc1csc(C(C)C)n1)NCC(c1ccccc1)N1CCCC1.I. The van der Waals surface area contributed by atoms with E-state index in [9.17, 15) is 0 Å². The average Bonchev–Trinajstić information content (AvgIpc) is 3.40. The van der Waals surface area contributed by atoms with Crippen LogP contribution in [0.3, 0.4) is 0 Å². The van der Waals surface area contributed by atoms with Crippen LogP contribution in [0, 0.1) is 0 Å². The van der Waals surface area contributed by atoms with Crippen molar-refractivity contribution >= 4 is 41.3 Å². The molecule has 0 aliphatic carbocycles. The first kappa shape index (κ1) is 24.1. The molecule has 0 amide bonds. The Kier molecular flexibility index (Phi) is 10.4. The number of nitrogens with zero attached hydrogens (tertiary/aromatic N) is 3. The Morgan fingerprint density at radius 1 is 1.17 bits per heavy atom. The topological polar surface area (TPSA) is 52.6 Å². The zero-order valence-electron chi connectivity index (χ0n) is 17.7. The fraction of sp³-hybridized carbons (Fsp3) is 0.545. The van der Waals surface area contributed by atoms with Gasteiger partial charge in [0.15, 0.2) is 5.96 Å². The number of likely N-dealkylation sites (tertiary alicyclic amines) is 1. The average molecular weight is 528 g/mol. The third-order valence-electron chi connectivity index (χ3n) is 5.19. The van der Waals surface area contributed by atoms with E-state index in [1.54, 1.807) is 11.3 Å². The molecule has 1 saturated heterocycles. The van der Waals surface area contributed by atoms with E-state index in [0.717, 1.165) is 31.2 Å². The number of thiazole rings is 1. The highest BCUT2D eigenvalue weighted by Crippen LogP contribution is 2.24. The molecule has 5 nitrogen and oxygen atoms in total. The van der Waals surface area contributed by atoms with E-state index >= 15 is 0 Å². The summed E-state index contributed by atoms with van der Waals surface area (Å²) in [5.41, 5.74) is 2.53. The molecule has 3 rings (SSSR count). The van der Waals surface area contributed by atoms with E-state index in [2.05, 4.69) is 70.1 Å². The van der Waals surface area contributed by atoms with Crippen molar-refractivity contribution < 1.29 is 0 Å². The second kappa shape index (κ2) is 12.5. The Balaban J connectivity index is 0.00000300. The molecule has 2 heterocycles. The lowest BCUT2D eigenvalue weighted by molar-refractivity contribution is 0.245. The van der Waals surface area contributed by atoms with Gasteiger partial charge in [-0.2, -0.15) is 0 Å². The molecule has 0 spiro atoms. The fourth-order valence-electron chi connectivity index (χ4n) is 3.61. The van der Waals surface area contributed by atoms with Crippen LogP contribution < -0.4 is 10.6 Å². The summed E-state index contributed by atoms with van der Waals surface area (Å²) in [6, 6.07) is 11.2. The highest BCUT2D eigenvalue weighted by atomic mass is 127. The minimum atomic E-state index is 0. The number of rotatable bonds is 8. The van der Waals surface area contributed by atoms with Crippen molar-refractivity contribution in [2.75, 3.05) is 33.2 Å². The molecule has 1 fully saturated rings. The Labute approximate surface area is 196 Å². The van der Waals surface area contributed by atoms with Gasteiger partial charge in [0.05, 0.1) is 16.7 Å². The monoisotopic (exact) mass is 527 g/mol. The number of guanidine groups is 1. The van der Waals surface area contributed by atoms with E-state index in [4.69, 9.17) is 4.98 Å². The Morgan fingerprint density at radius 3 is 2.52 bits per heavy atom. The third kappa shape index (κ3) is 7.22. The number of aromatic nitrogens is 1. The van der Waals surface area contributed by atoms with Gasteiger partial charge < -0.3 is 10.6 Å². The van der Waals surface area contributed by atoms with Crippen LogP contribution in [0.4, 0.5) is 0 Å². The molecule has 160 valence electrons. The summed E-state index contributed by atoms with van der Waals surface area (Å²) in [5, 5.41) is 10.4. The normalized spacial score (nSPS) is 15.9. The highest BCUT2D eigenvalue weighted by Gasteiger charge is 2.23. The van der Waals surface area contributed by atoms with Gasteiger partial charge in [0.25, 0.3) is 0 Å². The second-order valence-electron chi connectivity index (χ2n) is 7.63. The zero-order valence-corrected chi connectivity index (χ0v) is 20.9. The first-order chi connectivity index (χ1) is 13.7. The van der Waals surface area contributed by atoms with Crippen LogP contribution in [-0.2, 0) is 6.42 Å². The number of halogens is 1. The maximum atomic E-state index is 4.71. The van der Waals surface area contributed by atoms with Crippen LogP contribution in [0.5, 0.6) is 0 Å². The standard InChI is InChI=1S/C22H33N5S.HI/c1-17(2)21-26-19(16-28-21)11-12-24-22(23-3)25-15-20(27-13-7-8-14-27)18-9-5-4-6-10-18;/h4-6,9-10,16-17,20H,7-8,11-15H2,1-3H3,(H2,23,24,25);1H. The highest BCUT2D eigenvalue weighted by molar-refractivity contribution is 14.0. The third-order valence-corrected chi connectivity index (χ3v) is 6.38.